The van der Waals surface area contributed by atoms with E-state index in [0.717, 1.165) is 10.9 Å². The van der Waals surface area contributed by atoms with Crippen molar-refractivity contribution in [2.24, 2.45) is 5.92 Å². The summed E-state index contributed by atoms with van der Waals surface area (Å²) >= 11 is 0. The molecule has 1 amide bonds. The molecule has 1 aromatic heterocycles. The van der Waals surface area contributed by atoms with Crippen LogP contribution in [0, 0.1) is 5.92 Å². The first kappa shape index (κ1) is 17.0. The van der Waals surface area contributed by atoms with Crippen molar-refractivity contribution in [3.63, 3.8) is 0 Å². The summed E-state index contributed by atoms with van der Waals surface area (Å²) in [6.45, 7) is 4.24. The third kappa shape index (κ3) is 3.68. The molecule has 0 N–H and O–H groups in total. The van der Waals surface area contributed by atoms with Crippen molar-refractivity contribution in [2.75, 3.05) is 24.6 Å². The van der Waals surface area contributed by atoms with Crippen LogP contribution in [0.5, 0.6) is 0 Å². The average Bonchev–Trinajstić information content (AvgIpc) is 2.79. The molecule has 0 radical (unpaired) electrons. The number of carbonyl (C=O) groups is 1. The molecule has 0 bridgehead atoms. The largest absolute Gasteiger partial charge is 0.435 e. The molecule has 2 rings (SSSR count). The van der Waals surface area contributed by atoms with Crippen molar-refractivity contribution in [1.29, 1.82) is 0 Å². The Kier molecular flexibility index (Phi) is 4.93. The van der Waals surface area contributed by atoms with Gasteiger partial charge >= 0.3 is 6.18 Å². The van der Waals surface area contributed by atoms with E-state index in [1.165, 1.54) is 4.90 Å². The van der Waals surface area contributed by atoms with E-state index in [1.54, 1.807) is 6.92 Å². The van der Waals surface area contributed by atoms with E-state index in [1.807, 2.05) is 6.92 Å². The van der Waals surface area contributed by atoms with Gasteiger partial charge in [-0.05, 0) is 12.8 Å². The Labute approximate surface area is 128 Å². The molecule has 0 saturated carbocycles. The number of carbonyl (C=O) groups excluding carboxylic acids is 1. The van der Waals surface area contributed by atoms with Crippen molar-refractivity contribution >= 4 is 16.7 Å². The van der Waals surface area contributed by atoms with Crippen molar-refractivity contribution < 1.29 is 22.2 Å². The van der Waals surface area contributed by atoms with E-state index in [-0.39, 0.29) is 19.0 Å². The van der Waals surface area contributed by atoms with Gasteiger partial charge in [-0.1, -0.05) is 6.92 Å². The number of rotatable bonds is 2. The average molecular weight is 337 g/mol. The quantitative estimate of drug-likeness (QED) is 0.826. The van der Waals surface area contributed by atoms with Gasteiger partial charge in [0.25, 0.3) is 5.91 Å². The van der Waals surface area contributed by atoms with Crippen LogP contribution in [0.1, 0.15) is 29.9 Å². The second-order valence-corrected chi connectivity index (χ2v) is 7.03. The predicted molar refractivity (Wildman–Crippen MR) is 75.8 cm³/mol. The number of hydrogen-bond donors (Lipinski definition) is 0. The fraction of sp³-hybridized carbons (Fsp3) is 0.692. The monoisotopic (exact) mass is 337 g/mol. The van der Waals surface area contributed by atoms with Gasteiger partial charge in [0.1, 0.15) is 0 Å². The highest BCUT2D eigenvalue weighted by Crippen LogP contribution is 2.31. The van der Waals surface area contributed by atoms with Gasteiger partial charge in [-0.15, -0.1) is 0 Å². The fourth-order valence-electron chi connectivity index (χ4n) is 2.44. The molecule has 2 atom stereocenters. The Morgan fingerprint density at radius 1 is 1.50 bits per heavy atom. The number of hydrogen-bond acceptors (Lipinski definition) is 3. The van der Waals surface area contributed by atoms with Crippen LogP contribution in [-0.2, 0) is 23.5 Å². The molecule has 9 heteroatoms. The van der Waals surface area contributed by atoms with E-state index in [4.69, 9.17) is 0 Å². The van der Waals surface area contributed by atoms with Crippen LogP contribution >= 0.6 is 0 Å². The van der Waals surface area contributed by atoms with Crippen LogP contribution in [0.15, 0.2) is 6.20 Å². The number of halogens is 3. The number of aromatic nitrogens is 2. The first-order valence-electron chi connectivity index (χ1n) is 7.01. The zero-order chi connectivity index (χ0) is 16.5. The highest BCUT2D eigenvalue weighted by molar-refractivity contribution is 7.85. The lowest BCUT2D eigenvalue weighted by Gasteiger charge is -2.22. The zero-order valence-electron chi connectivity index (χ0n) is 12.4. The molecule has 1 fully saturated rings. The molecule has 1 aliphatic heterocycles. The van der Waals surface area contributed by atoms with Gasteiger partial charge < -0.3 is 4.90 Å². The van der Waals surface area contributed by atoms with Crippen molar-refractivity contribution in [1.82, 2.24) is 14.7 Å². The third-order valence-electron chi connectivity index (χ3n) is 3.46. The van der Waals surface area contributed by atoms with Gasteiger partial charge in [-0.2, -0.15) is 18.3 Å². The minimum Gasteiger partial charge on any atom is -0.337 e. The summed E-state index contributed by atoms with van der Waals surface area (Å²) in [6.07, 6.45) is -3.54. The van der Waals surface area contributed by atoms with E-state index >= 15 is 0 Å². The summed E-state index contributed by atoms with van der Waals surface area (Å²) in [4.78, 5) is 13.8. The standard InChI is InChI=1S/C13H18F3N3O2S/c1-3-19-7-10(11(17-19)13(14,15)16)12(20)18-4-5-22(21)8-9(2)6-18/h7,9H,3-6,8H2,1-2H3. The topological polar surface area (TPSA) is 55.2 Å². The van der Waals surface area contributed by atoms with Crippen LogP contribution in [0.4, 0.5) is 13.2 Å². The van der Waals surface area contributed by atoms with Crippen LogP contribution in [0.2, 0.25) is 0 Å². The lowest BCUT2D eigenvalue weighted by atomic mass is 10.1. The maximum absolute atomic E-state index is 13.0. The summed E-state index contributed by atoms with van der Waals surface area (Å²) in [6, 6.07) is 0. The molecule has 2 heterocycles. The Balaban J connectivity index is 2.32. The SMILES string of the molecule is CCn1cc(C(=O)N2CCS(=O)CC(C)C2)c(C(F)(F)F)n1. The molecule has 2 unspecified atom stereocenters. The summed E-state index contributed by atoms with van der Waals surface area (Å²) in [7, 11) is -1.04. The maximum atomic E-state index is 13.0. The Hall–Kier alpha value is -1.38. The third-order valence-corrected chi connectivity index (χ3v) is 5.04. The normalized spacial score (nSPS) is 23.4. The fourth-order valence-corrected chi connectivity index (χ4v) is 3.77. The minimum absolute atomic E-state index is 0.0113. The molecule has 0 aromatic carbocycles. The second-order valence-electron chi connectivity index (χ2n) is 5.41. The van der Waals surface area contributed by atoms with Crippen molar-refractivity contribution in [3.8, 4) is 0 Å². The molecule has 1 saturated heterocycles. The van der Waals surface area contributed by atoms with Crippen LogP contribution in [0.25, 0.3) is 0 Å². The highest BCUT2D eigenvalue weighted by atomic mass is 32.2. The number of aryl methyl sites for hydroxylation is 1. The van der Waals surface area contributed by atoms with E-state index in [9.17, 15) is 22.2 Å². The molecule has 22 heavy (non-hydrogen) atoms. The lowest BCUT2D eigenvalue weighted by molar-refractivity contribution is -0.141. The summed E-state index contributed by atoms with van der Waals surface area (Å²) in [5, 5.41) is 3.46. The van der Waals surface area contributed by atoms with Gasteiger partial charge in [-0.25, -0.2) is 0 Å². The summed E-state index contributed by atoms with van der Waals surface area (Å²) in [5.41, 5.74) is -1.59. The summed E-state index contributed by atoms with van der Waals surface area (Å²) in [5.74, 6) is 0.0457. The van der Waals surface area contributed by atoms with E-state index < -0.39 is 34.1 Å². The van der Waals surface area contributed by atoms with Crippen LogP contribution in [-0.4, -0.2) is 49.4 Å². The molecule has 5 nitrogen and oxygen atoms in total. The van der Waals surface area contributed by atoms with Crippen LogP contribution in [0.3, 0.4) is 0 Å². The van der Waals surface area contributed by atoms with Crippen molar-refractivity contribution in [2.45, 2.75) is 26.6 Å². The number of nitrogens with zero attached hydrogens (tertiary/aromatic N) is 3. The first-order chi connectivity index (χ1) is 10.2. The Morgan fingerprint density at radius 2 is 2.18 bits per heavy atom. The number of alkyl halides is 3. The second kappa shape index (κ2) is 6.39. The maximum Gasteiger partial charge on any atom is 0.435 e. The van der Waals surface area contributed by atoms with E-state index in [2.05, 4.69) is 5.10 Å². The minimum atomic E-state index is -4.67. The Morgan fingerprint density at radius 3 is 2.77 bits per heavy atom. The zero-order valence-corrected chi connectivity index (χ0v) is 13.2. The summed E-state index contributed by atoms with van der Waals surface area (Å²) < 4.78 is 51.9. The van der Waals surface area contributed by atoms with E-state index in [0.29, 0.717) is 18.1 Å². The van der Waals surface area contributed by atoms with Gasteiger partial charge in [-0.3, -0.25) is 13.7 Å². The highest BCUT2D eigenvalue weighted by Gasteiger charge is 2.40. The molecular weight excluding hydrogens is 319 g/mol. The van der Waals surface area contributed by atoms with Crippen LogP contribution < -0.4 is 0 Å². The Bertz CT molecular complexity index is 586. The number of amides is 1. The first-order valence-corrected chi connectivity index (χ1v) is 8.50. The van der Waals surface area contributed by atoms with Gasteiger partial charge in [0, 0.05) is 48.1 Å². The van der Waals surface area contributed by atoms with Gasteiger partial charge in [0.15, 0.2) is 5.69 Å². The molecule has 0 spiro atoms. The molecule has 0 aliphatic carbocycles. The lowest BCUT2D eigenvalue weighted by Crippen LogP contribution is -2.36. The van der Waals surface area contributed by atoms with Gasteiger partial charge in [0.2, 0.25) is 0 Å². The van der Waals surface area contributed by atoms with Crippen molar-refractivity contribution in [3.05, 3.63) is 17.5 Å². The van der Waals surface area contributed by atoms with Gasteiger partial charge in [0.05, 0.1) is 5.56 Å². The smallest absolute Gasteiger partial charge is 0.337 e. The predicted octanol–water partition coefficient (Wildman–Crippen LogP) is 1.76. The molecule has 124 valence electrons. The molecule has 1 aliphatic rings. The molecular formula is C13H18F3N3O2S. The molecule has 1 aromatic rings.